The summed E-state index contributed by atoms with van der Waals surface area (Å²) in [4.78, 5) is 6.98. The lowest BCUT2D eigenvalue weighted by molar-refractivity contribution is 0.147. The number of likely N-dealkylation sites (N-methyl/N-ethyl adjacent to an activating group) is 1. The van der Waals surface area contributed by atoms with Crippen molar-refractivity contribution < 1.29 is 0 Å². The van der Waals surface area contributed by atoms with Gasteiger partial charge in [-0.15, -0.1) is 0 Å². The number of rotatable bonds is 5. The third kappa shape index (κ3) is 2.90. The molecule has 100 valence electrons. The first kappa shape index (κ1) is 13.5. The minimum absolute atomic E-state index is 0.158. The lowest BCUT2D eigenvalue weighted by Crippen LogP contribution is -2.43. The summed E-state index contributed by atoms with van der Waals surface area (Å²) in [6.07, 6.45) is 8.16. The molecular formula is C15H25N3. The maximum absolute atomic E-state index is 6.34. The van der Waals surface area contributed by atoms with E-state index < -0.39 is 0 Å². The minimum Gasteiger partial charge on any atom is -0.326 e. The SMILES string of the molecule is CCC(N)C(c1ccccn1)N(C)C1CCCC1. The van der Waals surface area contributed by atoms with E-state index in [1.807, 2.05) is 12.3 Å². The van der Waals surface area contributed by atoms with Crippen LogP contribution in [0.15, 0.2) is 24.4 Å². The predicted molar refractivity (Wildman–Crippen MR) is 75.3 cm³/mol. The van der Waals surface area contributed by atoms with Crippen LogP contribution in [-0.2, 0) is 0 Å². The Balaban J connectivity index is 2.19. The summed E-state index contributed by atoms with van der Waals surface area (Å²) in [6.45, 7) is 2.16. The van der Waals surface area contributed by atoms with Gasteiger partial charge in [0.1, 0.15) is 0 Å². The summed E-state index contributed by atoms with van der Waals surface area (Å²) >= 11 is 0. The van der Waals surface area contributed by atoms with Crippen molar-refractivity contribution in [3.8, 4) is 0 Å². The van der Waals surface area contributed by atoms with Gasteiger partial charge in [-0.1, -0.05) is 25.8 Å². The van der Waals surface area contributed by atoms with Crippen molar-refractivity contribution in [3.63, 3.8) is 0 Å². The Morgan fingerprint density at radius 3 is 2.67 bits per heavy atom. The second kappa shape index (κ2) is 6.30. The van der Waals surface area contributed by atoms with Gasteiger partial charge in [0, 0.05) is 18.3 Å². The zero-order chi connectivity index (χ0) is 13.0. The molecule has 0 aliphatic heterocycles. The highest BCUT2D eigenvalue weighted by molar-refractivity contribution is 5.12. The lowest BCUT2D eigenvalue weighted by atomic mass is 9.99. The summed E-state index contributed by atoms with van der Waals surface area (Å²) in [5, 5.41) is 0. The molecular weight excluding hydrogens is 222 g/mol. The average molecular weight is 247 g/mol. The Kier molecular flexibility index (Phi) is 4.72. The third-order valence-corrected chi connectivity index (χ3v) is 4.21. The molecule has 1 aliphatic carbocycles. The van der Waals surface area contributed by atoms with E-state index in [0.29, 0.717) is 6.04 Å². The number of nitrogens with two attached hydrogens (primary N) is 1. The maximum atomic E-state index is 6.34. The van der Waals surface area contributed by atoms with Crippen LogP contribution in [0.2, 0.25) is 0 Å². The highest BCUT2D eigenvalue weighted by atomic mass is 15.2. The topological polar surface area (TPSA) is 42.1 Å². The molecule has 2 N–H and O–H groups in total. The number of hydrogen-bond acceptors (Lipinski definition) is 3. The summed E-state index contributed by atoms with van der Waals surface area (Å²) in [5.41, 5.74) is 7.45. The predicted octanol–water partition coefficient (Wildman–Crippen LogP) is 2.73. The molecule has 2 unspecified atom stereocenters. The molecule has 3 nitrogen and oxygen atoms in total. The van der Waals surface area contributed by atoms with E-state index in [-0.39, 0.29) is 12.1 Å². The monoisotopic (exact) mass is 247 g/mol. The zero-order valence-electron chi connectivity index (χ0n) is 11.5. The van der Waals surface area contributed by atoms with Crippen LogP contribution in [0.1, 0.15) is 50.8 Å². The highest BCUT2D eigenvalue weighted by Gasteiger charge is 2.30. The molecule has 0 amide bonds. The van der Waals surface area contributed by atoms with Gasteiger partial charge in [-0.3, -0.25) is 9.88 Å². The average Bonchev–Trinajstić information content (AvgIpc) is 2.94. The molecule has 0 bridgehead atoms. The van der Waals surface area contributed by atoms with Gasteiger partial charge < -0.3 is 5.73 Å². The molecule has 2 atom stereocenters. The zero-order valence-corrected chi connectivity index (χ0v) is 11.5. The summed E-state index contributed by atoms with van der Waals surface area (Å²) in [6, 6.07) is 7.21. The second-order valence-electron chi connectivity index (χ2n) is 5.38. The van der Waals surface area contributed by atoms with Crippen molar-refractivity contribution in [2.75, 3.05) is 7.05 Å². The standard InChI is InChI=1S/C15H25N3/c1-3-13(16)15(14-10-6-7-11-17-14)18(2)12-8-4-5-9-12/h6-7,10-13,15H,3-5,8-9,16H2,1-2H3. The van der Waals surface area contributed by atoms with Gasteiger partial charge in [-0.05, 0) is 38.4 Å². The fraction of sp³-hybridized carbons (Fsp3) is 0.667. The largest absolute Gasteiger partial charge is 0.326 e. The lowest BCUT2D eigenvalue weighted by Gasteiger charge is -2.36. The van der Waals surface area contributed by atoms with E-state index in [9.17, 15) is 0 Å². The van der Waals surface area contributed by atoms with Gasteiger partial charge in [0.05, 0.1) is 11.7 Å². The van der Waals surface area contributed by atoms with Crippen molar-refractivity contribution in [1.82, 2.24) is 9.88 Å². The van der Waals surface area contributed by atoms with Crippen LogP contribution in [0.5, 0.6) is 0 Å². The summed E-state index contributed by atoms with van der Waals surface area (Å²) in [7, 11) is 2.21. The molecule has 0 radical (unpaired) electrons. The maximum Gasteiger partial charge on any atom is 0.0673 e. The van der Waals surface area contributed by atoms with Crippen LogP contribution in [0.3, 0.4) is 0 Å². The fourth-order valence-electron chi connectivity index (χ4n) is 3.04. The van der Waals surface area contributed by atoms with Gasteiger partial charge >= 0.3 is 0 Å². The molecule has 0 aromatic carbocycles. The van der Waals surface area contributed by atoms with Crippen molar-refractivity contribution in [3.05, 3.63) is 30.1 Å². The van der Waals surface area contributed by atoms with Crippen molar-refractivity contribution >= 4 is 0 Å². The Bertz CT molecular complexity index is 346. The van der Waals surface area contributed by atoms with Gasteiger partial charge in [-0.2, -0.15) is 0 Å². The Hall–Kier alpha value is -0.930. The first-order valence-corrected chi connectivity index (χ1v) is 7.12. The van der Waals surface area contributed by atoms with Crippen molar-refractivity contribution in [1.29, 1.82) is 0 Å². The molecule has 1 fully saturated rings. The molecule has 1 aliphatic rings. The second-order valence-corrected chi connectivity index (χ2v) is 5.38. The molecule has 1 aromatic heterocycles. The van der Waals surface area contributed by atoms with E-state index >= 15 is 0 Å². The smallest absolute Gasteiger partial charge is 0.0673 e. The molecule has 3 heteroatoms. The van der Waals surface area contributed by atoms with Crippen LogP contribution in [0, 0.1) is 0 Å². The number of hydrogen-bond donors (Lipinski definition) is 1. The number of aromatic nitrogens is 1. The summed E-state index contributed by atoms with van der Waals surface area (Å²) < 4.78 is 0. The van der Waals surface area contributed by atoms with Gasteiger partial charge in [0.2, 0.25) is 0 Å². The molecule has 1 aromatic rings. The van der Waals surface area contributed by atoms with Crippen molar-refractivity contribution in [2.45, 2.75) is 57.2 Å². The molecule has 18 heavy (non-hydrogen) atoms. The molecule has 1 saturated carbocycles. The van der Waals surface area contributed by atoms with E-state index in [1.165, 1.54) is 25.7 Å². The van der Waals surface area contributed by atoms with E-state index in [0.717, 1.165) is 12.1 Å². The third-order valence-electron chi connectivity index (χ3n) is 4.21. The van der Waals surface area contributed by atoms with Crippen LogP contribution in [0.25, 0.3) is 0 Å². The first-order valence-electron chi connectivity index (χ1n) is 7.12. The van der Waals surface area contributed by atoms with Crippen LogP contribution in [-0.4, -0.2) is 29.0 Å². The van der Waals surface area contributed by atoms with E-state index in [4.69, 9.17) is 5.73 Å². The fourth-order valence-corrected chi connectivity index (χ4v) is 3.04. The van der Waals surface area contributed by atoms with Crippen LogP contribution >= 0.6 is 0 Å². The van der Waals surface area contributed by atoms with Crippen LogP contribution < -0.4 is 5.73 Å². The van der Waals surface area contributed by atoms with Gasteiger partial charge in [0.25, 0.3) is 0 Å². The van der Waals surface area contributed by atoms with Gasteiger partial charge in [-0.25, -0.2) is 0 Å². The number of nitrogens with zero attached hydrogens (tertiary/aromatic N) is 2. The minimum atomic E-state index is 0.158. The van der Waals surface area contributed by atoms with Crippen LogP contribution in [0.4, 0.5) is 0 Å². The number of pyridine rings is 1. The quantitative estimate of drug-likeness (QED) is 0.870. The molecule has 1 heterocycles. The Labute approximate surface area is 110 Å². The van der Waals surface area contributed by atoms with Crippen molar-refractivity contribution in [2.24, 2.45) is 5.73 Å². The summed E-state index contributed by atoms with van der Waals surface area (Å²) in [5.74, 6) is 0. The van der Waals surface area contributed by atoms with E-state index in [1.54, 1.807) is 0 Å². The van der Waals surface area contributed by atoms with E-state index in [2.05, 4.69) is 36.0 Å². The molecule has 0 spiro atoms. The normalized spacial score (nSPS) is 20.2. The first-order chi connectivity index (χ1) is 8.74. The molecule has 2 rings (SSSR count). The highest BCUT2D eigenvalue weighted by Crippen LogP contribution is 2.31. The Morgan fingerprint density at radius 2 is 2.11 bits per heavy atom. The van der Waals surface area contributed by atoms with Gasteiger partial charge in [0.15, 0.2) is 0 Å². The molecule has 0 saturated heterocycles. The Morgan fingerprint density at radius 1 is 1.39 bits per heavy atom.